The molecule has 7 nitrogen and oxygen atoms in total. The van der Waals surface area contributed by atoms with Gasteiger partial charge in [-0.25, -0.2) is 13.8 Å². The summed E-state index contributed by atoms with van der Waals surface area (Å²) < 4.78 is 35.8. The Bertz CT molecular complexity index is 1600. The van der Waals surface area contributed by atoms with E-state index in [-0.39, 0.29) is 35.1 Å². The first kappa shape index (κ1) is 26.9. The van der Waals surface area contributed by atoms with E-state index in [1.807, 2.05) is 13.8 Å². The summed E-state index contributed by atoms with van der Waals surface area (Å²) in [5.74, 6) is 3.71. The molecule has 0 aliphatic rings. The second-order valence-corrected chi connectivity index (χ2v) is 9.24. The topological polar surface area (TPSA) is 109 Å². The van der Waals surface area contributed by atoms with Gasteiger partial charge < -0.3 is 19.7 Å². The molecule has 9 heteroatoms. The number of aliphatic hydroxyl groups excluding tert-OH is 3. The molecule has 2 heterocycles. The van der Waals surface area contributed by atoms with Crippen LogP contribution in [-0.4, -0.2) is 44.7 Å². The van der Waals surface area contributed by atoms with Gasteiger partial charge in [0.2, 0.25) is 5.89 Å². The molecule has 4 rings (SSSR count). The first-order chi connectivity index (χ1) is 18.1. The third-order valence-electron chi connectivity index (χ3n) is 6.25. The van der Waals surface area contributed by atoms with E-state index in [1.165, 1.54) is 29.7 Å². The van der Waals surface area contributed by atoms with Crippen LogP contribution in [0.1, 0.15) is 29.5 Å². The van der Waals surface area contributed by atoms with Crippen molar-refractivity contribution in [3.05, 3.63) is 93.2 Å². The highest BCUT2D eigenvalue weighted by Crippen LogP contribution is 2.37. The Hall–Kier alpha value is -4.10. The predicted octanol–water partition coefficient (Wildman–Crippen LogP) is 3.64. The van der Waals surface area contributed by atoms with E-state index in [0.717, 1.165) is 17.2 Å². The van der Waals surface area contributed by atoms with E-state index in [9.17, 15) is 23.8 Å². The van der Waals surface area contributed by atoms with Crippen LogP contribution in [0.3, 0.4) is 0 Å². The van der Waals surface area contributed by atoms with Gasteiger partial charge in [-0.05, 0) is 62.2 Å². The minimum atomic E-state index is -1.28. The van der Waals surface area contributed by atoms with Crippen molar-refractivity contribution in [3.8, 4) is 40.1 Å². The zero-order valence-electron chi connectivity index (χ0n) is 21.0. The fourth-order valence-corrected chi connectivity index (χ4v) is 4.17. The summed E-state index contributed by atoms with van der Waals surface area (Å²) in [6.07, 6.45) is 1.54. The monoisotopic (exact) mass is 520 g/mol. The molecule has 0 saturated carbocycles. The molecule has 3 N–H and O–H groups in total. The lowest BCUT2D eigenvalue weighted by atomic mass is 9.93. The third-order valence-corrected chi connectivity index (χ3v) is 6.25. The van der Waals surface area contributed by atoms with Crippen molar-refractivity contribution >= 4 is 0 Å². The number of rotatable bonds is 6. The molecule has 2 aromatic heterocycles. The van der Waals surface area contributed by atoms with Crippen LogP contribution in [0.25, 0.3) is 28.3 Å². The average molecular weight is 521 g/mol. The molecule has 0 spiro atoms. The molecule has 0 aliphatic heterocycles. The van der Waals surface area contributed by atoms with Crippen LogP contribution in [0.2, 0.25) is 0 Å². The second-order valence-electron chi connectivity index (χ2n) is 9.24. The van der Waals surface area contributed by atoms with E-state index in [1.54, 1.807) is 18.3 Å². The molecule has 0 unspecified atom stereocenters. The van der Waals surface area contributed by atoms with Gasteiger partial charge in [0.15, 0.2) is 5.76 Å². The minimum Gasteiger partial charge on any atom is -0.439 e. The van der Waals surface area contributed by atoms with Crippen LogP contribution in [0.4, 0.5) is 8.78 Å². The highest BCUT2D eigenvalue weighted by Gasteiger charge is 2.33. The first-order valence-electron chi connectivity index (χ1n) is 11.7. The summed E-state index contributed by atoms with van der Waals surface area (Å²) >= 11 is 0. The fraction of sp³-hybridized carbons (Fsp3) is 0.241. The van der Waals surface area contributed by atoms with Crippen molar-refractivity contribution in [2.75, 3.05) is 19.8 Å². The Kier molecular flexibility index (Phi) is 7.60. The maximum absolute atomic E-state index is 14.8. The summed E-state index contributed by atoms with van der Waals surface area (Å²) in [6, 6.07) is 9.45. The van der Waals surface area contributed by atoms with Crippen LogP contribution in [0, 0.1) is 37.3 Å². The molecular weight excluding hydrogens is 494 g/mol. The molecule has 196 valence electrons. The summed E-state index contributed by atoms with van der Waals surface area (Å²) in [5, 5.41) is 28.8. The molecule has 0 radical (unpaired) electrons. The van der Waals surface area contributed by atoms with Gasteiger partial charge in [-0.2, -0.15) is 0 Å². The fourth-order valence-electron chi connectivity index (χ4n) is 4.17. The molecule has 0 fully saturated rings. The van der Waals surface area contributed by atoms with Crippen LogP contribution >= 0.6 is 0 Å². The summed E-state index contributed by atoms with van der Waals surface area (Å²) in [7, 11) is 0. The van der Waals surface area contributed by atoms with Gasteiger partial charge in [0.05, 0.1) is 29.9 Å². The zero-order chi connectivity index (χ0) is 27.6. The van der Waals surface area contributed by atoms with E-state index in [0.29, 0.717) is 22.9 Å². The number of hydrogen-bond donors (Lipinski definition) is 3. The summed E-state index contributed by atoms with van der Waals surface area (Å²) in [6.45, 7) is 3.91. The number of oxazole rings is 1. The van der Waals surface area contributed by atoms with Crippen molar-refractivity contribution in [1.29, 1.82) is 0 Å². The number of aromatic nitrogens is 2. The van der Waals surface area contributed by atoms with Crippen LogP contribution in [0.15, 0.2) is 57.9 Å². The Morgan fingerprint density at radius 1 is 1.03 bits per heavy atom. The van der Waals surface area contributed by atoms with E-state index < -0.39 is 30.3 Å². The van der Waals surface area contributed by atoms with Gasteiger partial charge in [-0.15, -0.1) is 0 Å². The predicted molar refractivity (Wildman–Crippen MR) is 138 cm³/mol. The first-order valence-corrected chi connectivity index (χ1v) is 11.7. The molecule has 0 atom stereocenters. The van der Waals surface area contributed by atoms with Gasteiger partial charge in [0, 0.05) is 29.5 Å². The maximum Gasteiger partial charge on any atom is 0.255 e. The van der Waals surface area contributed by atoms with Crippen molar-refractivity contribution in [2.24, 2.45) is 0 Å². The molecule has 2 aromatic carbocycles. The number of aryl methyl sites for hydroxylation is 2. The number of hydrogen-bond acceptors (Lipinski definition) is 6. The number of pyridine rings is 1. The summed E-state index contributed by atoms with van der Waals surface area (Å²) in [4.78, 5) is 17.4. The minimum absolute atomic E-state index is 0.0427. The van der Waals surface area contributed by atoms with Gasteiger partial charge in [-0.3, -0.25) is 9.36 Å². The van der Waals surface area contributed by atoms with Gasteiger partial charge in [0.25, 0.3) is 5.56 Å². The van der Waals surface area contributed by atoms with Crippen LogP contribution < -0.4 is 5.56 Å². The molecule has 0 aliphatic carbocycles. The van der Waals surface area contributed by atoms with Gasteiger partial charge in [0.1, 0.15) is 23.9 Å². The van der Waals surface area contributed by atoms with Gasteiger partial charge in [-0.1, -0.05) is 11.8 Å². The molecule has 4 aromatic rings. The second kappa shape index (κ2) is 10.7. The number of nitrogens with zero attached hydrogens (tertiary/aromatic N) is 2. The normalized spacial score (nSPS) is 11.4. The van der Waals surface area contributed by atoms with Crippen LogP contribution in [0.5, 0.6) is 0 Å². The molecule has 0 bridgehead atoms. The number of halogens is 2. The highest BCUT2D eigenvalue weighted by molar-refractivity contribution is 5.77. The lowest BCUT2D eigenvalue weighted by Crippen LogP contribution is -2.31. The zero-order valence-corrected chi connectivity index (χ0v) is 21.0. The van der Waals surface area contributed by atoms with Crippen molar-refractivity contribution < 1.29 is 28.5 Å². The van der Waals surface area contributed by atoms with Crippen molar-refractivity contribution in [1.82, 2.24) is 9.55 Å². The van der Waals surface area contributed by atoms with Crippen molar-refractivity contribution in [2.45, 2.75) is 26.2 Å². The van der Waals surface area contributed by atoms with Gasteiger partial charge >= 0.3 is 0 Å². The standard InChI is InChI=1S/C29H26F2N2O5/c1-17-11-19(5-4-10-34)12-18(2)26(17)33-14-20(6-9-24(33)37)25-27(22-8-7-21(30)13-23(22)31)38-28(32-25)29(3,15-35)16-36/h6-9,11-14,34-36H,10,15-16H2,1-3H3. The number of aliphatic hydroxyl groups is 3. The Balaban J connectivity index is 1.95. The van der Waals surface area contributed by atoms with Crippen LogP contribution in [-0.2, 0) is 5.41 Å². The molecule has 0 amide bonds. The Labute approximate surface area is 217 Å². The SMILES string of the molecule is Cc1cc(C#CCO)cc(C)c1-n1cc(-c2nc(C(C)(CO)CO)oc2-c2ccc(F)cc2F)ccc1=O. The van der Waals surface area contributed by atoms with E-state index >= 15 is 0 Å². The quantitative estimate of drug-likeness (QED) is 0.335. The van der Waals surface area contributed by atoms with Crippen molar-refractivity contribution in [3.63, 3.8) is 0 Å². The van der Waals surface area contributed by atoms with E-state index in [4.69, 9.17) is 9.52 Å². The Morgan fingerprint density at radius 2 is 1.71 bits per heavy atom. The molecular formula is C29H26F2N2O5. The average Bonchev–Trinajstić information content (AvgIpc) is 3.33. The largest absolute Gasteiger partial charge is 0.439 e. The smallest absolute Gasteiger partial charge is 0.255 e. The summed E-state index contributed by atoms with van der Waals surface area (Å²) in [5.41, 5.74) is 1.66. The highest BCUT2D eigenvalue weighted by atomic mass is 19.1. The number of benzene rings is 2. The maximum atomic E-state index is 14.8. The third kappa shape index (κ3) is 5.02. The van der Waals surface area contributed by atoms with E-state index in [2.05, 4.69) is 16.8 Å². The molecule has 38 heavy (non-hydrogen) atoms. The Morgan fingerprint density at radius 3 is 2.32 bits per heavy atom. The lowest BCUT2D eigenvalue weighted by Gasteiger charge is -2.19. The lowest BCUT2D eigenvalue weighted by molar-refractivity contribution is 0.109. The molecule has 0 saturated heterocycles.